The fourth-order valence-electron chi connectivity index (χ4n) is 2.13. The van der Waals surface area contributed by atoms with Crippen LogP contribution >= 0.6 is 0 Å². The minimum Gasteiger partial charge on any atom is -0.497 e. The standard InChI is InChI=1S/C16H15N3O4/c1-16(14(20)18-10-5-7-11(22-2)8-6-10)15(21)19-13-12(23-16)4-3-9-17-13/h3-9H,1-2H3,(H,18,20)(H,17,19,21). The van der Waals surface area contributed by atoms with Crippen molar-refractivity contribution in [2.45, 2.75) is 12.5 Å². The fourth-order valence-corrected chi connectivity index (χ4v) is 2.13. The highest BCUT2D eigenvalue weighted by Crippen LogP contribution is 2.32. The van der Waals surface area contributed by atoms with Crippen molar-refractivity contribution in [3.05, 3.63) is 42.6 Å². The summed E-state index contributed by atoms with van der Waals surface area (Å²) in [7, 11) is 1.56. The minimum atomic E-state index is -1.68. The molecule has 2 N–H and O–H groups in total. The quantitative estimate of drug-likeness (QED) is 0.844. The summed E-state index contributed by atoms with van der Waals surface area (Å²) in [6.45, 7) is 1.41. The van der Waals surface area contributed by atoms with E-state index in [-0.39, 0.29) is 0 Å². The second kappa shape index (κ2) is 5.60. The van der Waals surface area contributed by atoms with Gasteiger partial charge in [0.05, 0.1) is 7.11 Å². The number of fused-ring (bicyclic) bond motifs is 1. The molecule has 7 nitrogen and oxygen atoms in total. The minimum absolute atomic E-state index is 0.298. The largest absolute Gasteiger partial charge is 0.497 e. The third-order valence-electron chi connectivity index (χ3n) is 3.53. The Kier molecular flexibility index (Phi) is 3.61. The van der Waals surface area contributed by atoms with Crippen molar-refractivity contribution in [1.82, 2.24) is 4.98 Å². The maximum atomic E-state index is 12.5. The third kappa shape index (κ3) is 2.68. The van der Waals surface area contributed by atoms with Crippen molar-refractivity contribution in [2.24, 2.45) is 0 Å². The molecule has 1 atom stereocenters. The molecule has 2 aromatic rings. The van der Waals surface area contributed by atoms with Crippen LogP contribution in [-0.4, -0.2) is 29.5 Å². The van der Waals surface area contributed by atoms with Crippen molar-refractivity contribution < 1.29 is 19.1 Å². The maximum Gasteiger partial charge on any atom is 0.279 e. The Morgan fingerprint density at radius 3 is 2.74 bits per heavy atom. The van der Waals surface area contributed by atoms with Gasteiger partial charge in [-0.15, -0.1) is 0 Å². The van der Waals surface area contributed by atoms with E-state index in [1.807, 2.05) is 0 Å². The van der Waals surface area contributed by atoms with Gasteiger partial charge < -0.3 is 20.1 Å². The van der Waals surface area contributed by atoms with Gasteiger partial charge >= 0.3 is 0 Å². The van der Waals surface area contributed by atoms with Crippen LogP contribution in [0.4, 0.5) is 11.5 Å². The molecule has 0 bridgehead atoms. The predicted octanol–water partition coefficient (Wildman–Crippen LogP) is 1.82. The van der Waals surface area contributed by atoms with Gasteiger partial charge in [-0.05, 0) is 43.3 Å². The molecule has 0 saturated heterocycles. The first-order chi connectivity index (χ1) is 11.0. The number of carbonyl (C=O) groups excluding carboxylic acids is 2. The molecule has 1 unspecified atom stereocenters. The average Bonchev–Trinajstić information content (AvgIpc) is 2.56. The van der Waals surface area contributed by atoms with Crippen LogP contribution in [0.1, 0.15) is 6.92 Å². The molecule has 2 heterocycles. The van der Waals surface area contributed by atoms with E-state index in [9.17, 15) is 9.59 Å². The molecule has 0 radical (unpaired) electrons. The summed E-state index contributed by atoms with van der Waals surface area (Å²) in [6, 6.07) is 10.1. The number of pyridine rings is 1. The summed E-state index contributed by atoms with van der Waals surface area (Å²) in [5.41, 5.74) is -1.15. The number of rotatable bonds is 3. The number of methoxy groups -OCH3 is 1. The van der Waals surface area contributed by atoms with Gasteiger partial charge in [0.15, 0.2) is 11.6 Å². The summed E-state index contributed by atoms with van der Waals surface area (Å²) in [6.07, 6.45) is 1.53. The second-order valence-electron chi connectivity index (χ2n) is 5.12. The Morgan fingerprint density at radius 2 is 2.04 bits per heavy atom. The van der Waals surface area contributed by atoms with Crippen LogP contribution in [0.3, 0.4) is 0 Å². The van der Waals surface area contributed by atoms with E-state index in [4.69, 9.17) is 9.47 Å². The summed E-state index contributed by atoms with van der Waals surface area (Å²) < 4.78 is 10.7. The Balaban J connectivity index is 1.81. The summed E-state index contributed by atoms with van der Waals surface area (Å²) in [4.78, 5) is 28.8. The number of benzene rings is 1. The highest BCUT2D eigenvalue weighted by Gasteiger charge is 2.47. The predicted molar refractivity (Wildman–Crippen MR) is 83.5 cm³/mol. The third-order valence-corrected chi connectivity index (χ3v) is 3.53. The smallest absolute Gasteiger partial charge is 0.279 e. The van der Waals surface area contributed by atoms with Crippen LogP contribution in [0.2, 0.25) is 0 Å². The number of nitrogens with zero attached hydrogens (tertiary/aromatic N) is 1. The zero-order chi connectivity index (χ0) is 16.4. The van der Waals surface area contributed by atoms with Crippen molar-refractivity contribution in [2.75, 3.05) is 17.7 Å². The Hall–Kier alpha value is -3.09. The molecule has 1 aliphatic heterocycles. The number of anilines is 2. The van der Waals surface area contributed by atoms with Gasteiger partial charge in [-0.25, -0.2) is 4.98 Å². The number of nitrogens with one attached hydrogen (secondary N) is 2. The van der Waals surface area contributed by atoms with Crippen molar-refractivity contribution in [3.8, 4) is 11.5 Å². The van der Waals surface area contributed by atoms with E-state index in [1.54, 1.807) is 43.5 Å². The topological polar surface area (TPSA) is 89.6 Å². The molecule has 3 rings (SSSR count). The first-order valence-corrected chi connectivity index (χ1v) is 6.94. The lowest BCUT2D eigenvalue weighted by Gasteiger charge is -2.32. The highest BCUT2D eigenvalue weighted by atomic mass is 16.5. The van der Waals surface area contributed by atoms with Crippen LogP contribution in [0, 0.1) is 0 Å². The van der Waals surface area contributed by atoms with E-state index < -0.39 is 17.4 Å². The van der Waals surface area contributed by atoms with Gasteiger partial charge in [-0.3, -0.25) is 9.59 Å². The van der Waals surface area contributed by atoms with E-state index in [2.05, 4.69) is 15.6 Å². The number of hydrogen-bond acceptors (Lipinski definition) is 5. The molecule has 0 saturated carbocycles. The van der Waals surface area contributed by atoms with Crippen LogP contribution in [-0.2, 0) is 9.59 Å². The summed E-state index contributed by atoms with van der Waals surface area (Å²) in [5, 5.41) is 5.24. The van der Waals surface area contributed by atoms with E-state index in [0.717, 1.165) is 0 Å². The van der Waals surface area contributed by atoms with Crippen molar-refractivity contribution in [1.29, 1.82) is 0 Å². The lowest BCUT2D eigenvalue weighted by molar-refractivity contribution is -0.143. The fraction of sp³-hybridized carbons (Fsp3) is 0.188. The SMILES string of the molecule is COc1ccc(NC(=O)C2(C)Oc3cccnc3NC2=O)cc1. The van der Waals surface area contributed by atoms with Crippen LogP contribution in [0.5, 0.6) is 11.5 Å². The molecule has 0 spiro atoms. The molecule has 1 aromatic heterocycles. The lowest BCUT2D eigenvalue weighted by atomic mass is 10.0. The second-order valence-corrected chi connectivity index (χ2v) is 5.12. The van der Waals surface area contributed by atoms with Gasteiger partial charge in [-0.1, -0.05) is 0 Å². The van der Waals surface area contributed by atoms with Crippen LogP contribution < -0.4 is 20.1 Å². The molecule has 0 aliphatic carbocycles. The average molecular weight is 313 g/mol. The number of hydrogen-bond donors (Lipinski definition) is 2. The Bertz CT molecular complexity index is 760. The number of amides is 2. The zero-order valence-corrected chi connectivity index (χ0v) is 12.6. The van der Waals surface area contributed by atoms with E-state index in [1.165, 1.54) is 13.1 Å². The molecule has 118 valence electrons. The van der Waals surface area contributed by atoms with E-state index in [0.29, 0.717) is 23.0 Å². The first kappa shape index (κ1) is 14.8. The first-order valence-electron chi connectivity index (χ1n) is 6.94. The van der Waals surface area contributed by atoms with Gasteiger partial charge in [-0.2, -0.15) is 0 Å². The Morgan fingerprint density at radius 1 is 1.30 bits per heavy atom. The number of carbonyl (C=O) groups is 2. The molecule has 2 amide bonds. The molecule has 1 aromatic carbocycles. The van der Waals surface area contributed by atoms with Crippen molar-refractivity contribution in [3.63, 3.8) is 0 Å². The molecule has 23 heavy (non-hydrogen) atoms. The molecule has 1 aliphatic rings. The highest BCUT2D eigenvalue weighted by molar-refractivity contribution is 6.18. The number of aromatic nitrogens is 1. The molecular weight excluding hydrogens is 298 g/mol. The zero-order valence-electron chi connectivity index (χ0n) is 12.6. The summed E-state index contributed by atoms with van der Waals surface area (Å²) >= 11 is 0. The molecular formula is C16H15N3O4. The van der Waals surface area contributed by atoms with Crippen LogP contribution in [0.25, 0.3) is 0 Å². The maximum absolute atomic E-state index is 12.5. The number of ether oxygens (including phenoxy) is 2. The monoisotopic (exact) mass is 313 g/mol. The summed E-state index contributed by atoms with van der Waals surface area (Å²) in [5.74, 6) is 0.164. The molecule has 0 fully saturated rings. The van der Waals surface area contributed by atoms with Gasteiger partial charge in [0, 0.05) is 11.9 Å². The van der Waals surface area contributed by atoms with E-state index >= 15 is 0 Å². The normalized spacial score (nSPS) is 19.1. The van der Waals surface area contributed by atoms with Crippen LogP contribution in [0.15, 0.2) is 42.6 Å². The lowest BCUT2D eigenvalue weighted by Crippen LogP contribution is -2.56. The van der Waals surface area contributed by atoms with Gasteiger partial charge in [0.1, 0.15) is 5.75 Å². The Labute approximate surface area is 132 Å². The van der Waals surface area contributed by atoms with Gasteiger partial charge in [0.2, 0.25) is 0 Å². The molecule has 7 heteroatoms. The van der Waals surface area contributed by atoms with Crippen molar-refractivity contribution >= 4 is 23.3 Å². The van der Waals surface area contributed by atoms with Gasteiger partial charge in [0.25, 0.3) is 17.4 Å².